The molecule has 0 saturated heterocycles. The van der Waals surface area contributed by atoms with Crippen LogP contribution in [0.4, 0.5) is 0 Å². The van der Waals surface area contributed by atoms with Gasteiger partial charge in [-0.25, -0.2) is 9.48 Å². The number of halogens is 1. The molecular formula is C10H7IN2O2. The lowest BCUT2D eigenvalue weighted by molar-refractivity contribution is 0.0690. The maximum Gasteiger partial charge on any atom is 0.356 e. The molecule has 0 aliphatic carbocycles. The molecule has 1 aromatic carbocycles. The molecular weight excluding hydrogens is 307 g/mol. The van der Waals surface area contributed by atoms with E-state index in [1.165, 1.54) is 6.07 Å². The van der Waals surface area contributed by atoms with Gasteiger partial charge >= 0.3 is 5.97 Å². The van der Waals surface area contributed by atoms with E-state index >= 15 is 0 Å². The first-order valence-corrected chi connectivity index (χ1v) is 5.29. The zero-order chi connectivity index (χ0) is 10.8. The van der Waals surface area contributed by atoms with Gasteiger partial charge in [-0.05, 0) is 46.9 Å². The van der Waals surface area contributed by atoms with Crippen molar-refractivity contribution in [2.75, 3.05) is 0 Å². The third-order valence-electron chi connectivity index (χ3n) is 1.88. The molecule has 1 heterocycles. The standard InChI is InChI=1S/C10H7IN2O2/c11-7-2-1-3-8(6-7)13-5-4-9(12-13)10(14)15/h1-6H,(H,14,15). The predicted molar refractivity (Wildman–Crippen MR) is 63.2 cm³/mol. The lowest BCUT2D eigenvalue weighted by Gasteiger charge is -2.00. The average molecular weight is 314 g/mol. The van der Waals surface area contributed by atoms with Crippen molar-refractivity contribution in [2.45, 2.75) is 0 Å². The van der Waals surface area contributed by atoms with Gasteiger partial charge < -0.3 is 5.11 Å². The van der Waals surface area contributed by atoms with E-state index in [1.54, 1.807) is 10.9 Å². The van der Waals surface area contributed by atoms with Crippen LogP contribution in [0.2, 0.25) is 0 Å². The van der Waals surface area contributed by atoms with E-state index in [4.69, 9.17) is 5.11 Å². The van der Waals surface area contributed by atoms with Gasteiger partial charge in [-0.15, -0.1) is 0 Å². The van der Waals surface area contributed by atoms with Crippen molar-refractivity contribution >= 4 is 28.6 Å². The summed E-state index contributed by atoms with van der Waals surface area (Å²) in [6, 6.07) is 9.15. The summed E-state index contributed by atoms with van der Waals surface area (Å²) in [7, 11) is 0. The number of rotatable bonds is 2. The van der Waals surface area contributed by atoms with Gasteiger partial charge in [0.2, 0.25) is 0 Å². The second kappa shape index (κ2) is 4.01. The van der Waals surface area contributed by atoms with Crippen LogP contribution in [0.3, 0.4) is 0 Å². The van der Waals surface area contributed by atoms with Crippen molar-refractivity contribution in [3.8, 4) is 5.69 Å². The minimum Gasteiger partial charge on any atom is -0.476 e. The highest BCUT2D eigenvalue weighted by molar-refractivity contribution is 14.1. The summed E-state index contributed by atoms with van der Waals surface area (Å²) in [6.07, 6.45) is 1.63. The van der Waals surface area contributed by atoms with Crippen LogP contribution in [-0.2, 0) is 0 Å². The van der Waals surface area contributed by atoms with Crippen LogP contribution in [0, 0.1) is 3.57 Å². The van der Waals surface area contributed by atoms with E-state index < -0.39 is 5.97 Å². The van der Waals surface area contributed by atoms with E-state index in [1.807, 2.05) is 24.3 Å². The lowest BCUT2D eigenvalue weighted by Crippen LogP contribution is -2.00. The Morgan fingerprint density at radius 1 is 1.40 bits per heavy atom. The molecule has 0 saturated carbocycles. The Hall–Kier alpha value is -1.37. The summed E-state index contributed by atoms with van der Waals surface area (Å²) >= 11 is 2.19. The molecule has 0 amide bonds. The average Bonchev–Trinajstić information content (AvgIpc) is 2.66. The van der Waals surface area contributed by atoms with Gasteiger partial charge in [0.15, 0.2) is 5.69 Å². The SMILES string of the molecule is O=C(O)c1ccn(-c2cccc(I)c2)n1. The molecule has 0 unspecified atom stereocenters. The van der Waals surface area contributed by atoms with E-state index in [2.05, 4.69) is 27.7 Å². The monoisotopic (exact) mass is 314 g/mol. The summed E-state index contributed by atoms with van der Waals surface area (Å²) in [5.74, 6) is -1.01. The Labute approximate surface area is 99.7 Å². The maximum atomic E-state index is 10.6. The second-order valence-corrected chi connectivity index (χ2v) is 4.18. The fourth-order valence-corrected chi connectivity index (χ4v) is 1.73. The van der Waals surface area contributed by atoms with Crippen LogP contribution in [0.1, 0.15) is 10.5 Å². The molecule has 0 atom stereocenters. The van der Waals surface area contributed by atoms with Gasteiger partial charge in [-0.2, -0.15) is 5.10 Å². The molecule has 4 nitrogen and oxygen atoms in total. The number of benzene rings is 1. The van der Waals surface area contributed by atoms with Crippen molar-refractivity contribution < 1.29 is 9.90 Å². The lowest BCUT2D eigenvalue weighted by atomic mass is 10.3. The Balaban J connectivity index is 2.41. The molecule has 0 aliphatic rings. The van der Waals surface area contributed by atoms with E-state index in [9.17, 15) is 4.79 Å². The topological polar surface area (TPSA) is 55.1 Å². The van der Waals surface area contributed by atoms with Crippen molar-refractivity contribution in [1.82, 2.24) is 9.78 Å². The van der Waals surface area contributed by atoms with Crippen LogP contribution < -0.4 is 0 Å². The van der Waals surface area contributed by atoms with E-state index in [0.29, 0.717) is 0 Å². The Morgan fingerprint density at radius 2 is 2.20 bits per heavy atom. The van der Waals surface area contributed by atoms with Gasteiger partial charge in [0, 0.05) is 9.77 Å². The van der Waals surface area contributed by atoms with Gasteiger partial charge in [-0.1, -0.05) is 6.07 Å². The predicted octanol–water partition coefficient (Wildman–Crippen LogP) is 2.18. The summed E-state index contributed by atoms with van der Waals surface area (Å²) < 4.78 is 2.63. The normalized spacial score (nSPS) is 10.2. The number of carboxylic acid groups (broad SMARTS) is 1. The largest absolute Gasteiger partial charge is 0.476 e. The molecule has 0 radical (unpaired) electrons. The number of aromatic carboxylic acids is 1. The van der Waals surface area contributed by atoms with Crippen molar-refractivity contribution in [3.63, 3.8) is 0 Å². The van der Waals surface area contributed by atoms with Crippen molar-refractivity contribution in [2.24, 2.45) is 0 Å². The highest BCUT2D eigenvalue weighted by atomic mass is 127. The molecule has 15 heavy (non-hydrogen) atoms. The van der Waals surface area contributed by atoms with Crippen molar-refractivity contribution in [1.29, 1.82) is 0 Å². The Morgan fingerprint density at radius 3 is 2.80 bits per heavy atom. The molecule has 0 aliphatic heterocycles. The first-order valence-electron chi connectivity index (χ1n) is 4.22. The van der Waals surface area contributed by atoms with E-state index in [0.717, 1.165) is 9.26 Å². The van der Waals surface area contributed by atoms with Crippen molar-refractivity contribution in [3.05, 3.63) is 45.8 Å². The molecule has 0 bridgehead atoms. The number of carbonyl (C=O) groups is 1. The van der Waals surface area contributed by atoms with Gasteiger partial charge in [0.25, 0.3) is 0 Å². The van der Waals surface area contributed by atoms with Crippen LogP contribution in [0.5, 0.6) is 0 Å². The molecule has 0 fully saturated rings. The number of aromatic nitrogens is 2. The zero-order valence-electron chi connectivity index (χ0n) is 7.59. The molecule has 0 spiro atoms. The van der Waals surface area contributed by atoms with Crippen LogP contribution in [0.25, 0.3) is 5.69 Å². The van der Waals surface area contributed by atoms with Crippen LogP contribution in [-0.4, -0.2) is 20.9 Å². The fourth-order valence-electron chi connectivity index (χ4n) is 1.20. The molecule has 5 heteroatoms. The fraction of sp³-hybridized carbons (Fsp3) is 0. The minimum absolute atomic E-state index is 0.0499. The molecule has 1 N–H and O–H groups in total. The third-order valence-corrected chi connectivity index (χ3v) is 2.55. The van der Waals surface area contributed by atoms with E-state index in [-0.39, 0.29) is 5.69 Å². The highest BCUT2D eigenvalue weighted by Gasteiger charge is 2.07. The Bertz CT molecular complexity index is 508. The summed E-state index contributed by atoms with van der Waals surface area (Å²) in [6.45, 7) is 0. The van der Waals surface area contributed by atoms with Crippen LogP contribution in [0.15, 0.2) is 36.5 Å². The van der Waals surface area contributed by atoms with Crippen LogP contribution >= 0.6 is 22.6 Å². The summed E-state index contributed by atoms with van der Waals surface area (Å²) in [5.41, 5.74) is 0.906. The second-order valence-electron chi connectivity index (χ2n) is 2.93. The summed E-state index contributed by atoms with van der Waals surface area (Å²) in [5, 5.41) is 12.7. The highest BCUT2D eigenvalue weighted by Crippen LogP contribution is 2.12. The molecule has 2 aromatic rings. The number of hydrogen-bond acceptors (Lipinski definition) is 2. The molecule has 76 valence electrons. The number of nitrogens with zero attached hydrogens (tertiary/aromatic N) is 2. The molecule has 2 rings (SSSR count). The quantitative estimate of drug-likeness (QED) is 0.865. The number of carboxylic acids is 1. The smallest absolute Gasteiger partial charge is 0.356 e. The van der Waals surface area contributed by atoms with Gasteiger partial charge in [-0.3, -0.25) is 0 Å². The first kappa shape index (κ1) is 10.2. The minimum atomic E-state index is -1.01. The maximum absolute atomic E-state index is 10.6. The molecule has 1 aromatic heterocycles. The Kier molecular flexibility index (Phi) is 2.72. The zero-order valence-corrected chi connectivity index (χ0v) is 9.75. The third kappa shape index (κ3) is 2.17. The van der Waals surface area contributed by atoms with Gasteiger partial charge in [0.05, 0.1) is 5.69 Å². The summed E-state index contributed by atoms with van der Waals surface area (Å²) in [4.78, 5) is 10.6. The first-order chi connectivity index (χ1) is 7.16. The number of hydrogen-bond donors (Lipinski definition) is 1. The van der Waals surface area contributed by atoms with Gasteiger partial charge in [0.1, 0.15) is 0 Å².